The van der Waals surface area contributed by atoms with Gasteiger partial charge in [0.1, 0.15) is 11.6 Å². The Balaban J connectivity index is 1.57. The van der Waals surface area contributed by atoms with Crippen LogP contribution < -0.4 is 15.4 Å². The molecule has 0 aliphatic carbocycles. The third-order valence-corrected chi connectivity index (χ3v) is 4.10. The first-order chi connectivity index (χ1) is 12.7. The van der Waals surface area contributed by atoms with E-state index in [1.807, 2.05) is 30.3 Å². The van der Waals surface area contributed by atoms with Crippen molar-refractivity contribution in [1.29, 1.82) is 0 Å². The topological polar surface area (TPSA) is 63.2 Å². The molecule has 0 bridgehead atoms. The predicted octanol–water partition coefficient (Wildman–Crippen LogP) is 4.61. The molecule has 6 heteroatoms. The average Bonchev–Trinajstić information content (AvgIpc) is 2.68. The fourth-order valence-electron chi connectivity index (χ4n) is 2.35. The molecule has 0 fully saturated rings. The fraction of sp³-hybridized carbons (Fsp3) is 0.100. The van der Waals surface area contributed by atoms with Crippen molar-refractivity contribution in [1.82, 2.24) is 4.98 Å². The summed E-state index contributed by atoms with van der Waals surface area (Å²) in [5.74, 6) is 1.28. The Morgan fingerprint density at radius 3 is 2.50 bits per heavy atom. The summed E-state index contributed by atoms with van der Waals surface area (Å²) in [5, 5.41) is 6.43. The van der Waals surface area contributed by atoms with Gasteiger partial charge in [0.25, 0.3) is 5.91 Å². The number of halogens is 1. The van der Waals surface area contributed by atoms with E-state index in [0.29, 0.717) is 22.8 Å². The van der Waals surface area contributed by atoms with Crippen molar-refractivity contribution in [3.63, 3.8) is 0 Å². The molecule has 0 aliphatic rings. The fourth-order valence-corrected chi connectivity index (χ4v) is 2.57. The maximum Gasteiger partial charge on any atom is 0.257 e. The zero-order chi connectivity index (χ0) is 18.4. The standard InChI is InChI=1S/C20H18ClN3O2/c1-26-16-9-6-14(7-10-16)12-22-19-11-8-15(13-23-19)24-20(25)17-4-2-3-5-18(17)21/h2-11,13H,12H2,1H3,(H,22,23)(H,24,25). The monoisotopic (exact) mass is 367 g/mol. The first kappa shape index (κ1) is 17.8. The number of hydrogen-bond acceptors (Lipinski definition) is 4. The van der Waals surface area contributed by atoms with E-state index >= 15 is 0 Å². The first-order valence-corrected chi connectivity index (χ1v) is 8.42. The number of carbonyl (C=O) groups is 1. The number of amides is 1. The number of pyridine rings is 1. The molecule has 0 atom stereocenters. The van der Waals surface area contributed by atoms with Gasteiger partial charge in [0.15, 0.2) is 0 Å². The normalized spacial score (nSPS) is 10.2. The number of benzene rings is 2. The Morgan fingerprint density at radius 2 is 1.85 bits per heavy atom. The summed E-state index contributed by atoms with van der Waals surface area (Å²) in [5.41, 5.74) is 2.14. The number of nitrogens with one attached hydrogen (secondary N) is 2. The lowest BCUT2D eigenvalue weighted by atomic mass is 10.2. The van der Waals surface area contributed by atoms with Gasteiger partial charge >= 0.3 is 0 Å². The molecule has 0 saturated carbocycles. The number of aromatic nitrogens is 1. The van der Waals surface area contributed by atoms with Gasteiger partial charge in [0.05, 0.1) is 29.6 Å². The third kappa shape index (κ3) is 4.52. The van der Waals surface area contributed by atoms with Crippen LogP contribution in [0.15, 0.2) is 66.9 Å². The van der Waals surface area contributed by atoms with Gasteiger partial charge in [-0.25, -0.2) is 4.98 Å². The lowest BCUT2D eigenvalue weighted by Gasteiger charge is -2.09. The largest absolute Gasteiger partial charge is 0.497 e. The highest BCUT2D eigenvalue weighted by atomic mass is 35.5. The van der Waals surface area contributed by atoms with Crippen LogP contribution in [0, 0.1) is 0 Å². The molecule has 1 amide bonds. The summed E-state index contributed by atoms with van der Waals surface area (Å²) in [4.78, 5) is 16.5. The van der Waals surface area contributed by atoms with Gasteiger partial charge in [0.2, 0.25) is 0 Å². The molecular formula is C20H18ClN3O2. The molecular weight excluding hydrogens is 350 g/mol. The second-order valence-corrected chi connectivity index (χ2v) is 5.97. The number of anilines is 2. The Labute approximate surface area is 157 Å². The van der Waals surface area contributed by atoms with Crippen molar-refractivity contribution in [2.24, 2.45) is 0 Å². The van der Waals surface area contributed by atoms with Crippen LogP contribution in [-0.4, -0.2) is 18.0 Å². The van der Waals surface area contributed by atoms with Crippen molar-refractivity contribution in [2.75, 3.05) is 17.7 Å². The van der Waals surface area contributed by atoms with E-state index in [1.54, 1.807) is 43.6 Å². The maximum absolute atomic E-state index is 12.2. The lowest BCUT2D eigenvalue weighted by Crippen LogP contribution is -2.12. The molecule has 0 spiro atoms. The molecule has 1 aromatic heterocycles. The van der Waals surface area contributed by atoms with Gasteiger partial charge in [-0.3, -0.25) is 4.79 Å². The van der Waals surface area contributed by atoms with E-state index in [2.05, 4.69) is 15.6 Å². The zero-order valence-electron chi connectivity index (χ0n) is 14.2. The molecule has 3 aromatic rings. The number of methoxy groups -OCH3 is 1. The number of nitrogens with zero attached hydrogens (tertiary/aromatic N) is 1. The quantitative estimate of drug-likeness (QED) is 0.668. The van der Waals surface area contributed by atoms with Crippen LogP contribution in [0.2, 0.25) is 5.02 Å². The maximum atomic E-state index is 12.2. The number of ether oxygens (including phenoxy) is 1. The van der Waals surface area contributed by atoms with Gasteiger partial charge in [-0.2, -0.15) is 0 Å². The van der Waals surface area contributed by atoms with Gasteiger partial charge in [-0.15, -0.1) is 0 Å². The minimum Gasteiger partial charge on any atom is -0.497 e. The van der Waals surface area contributed by atoms with Crippen molar-refractivity contribution in [2.45, 2.75) is 6.54 Å². The van der Waals surface area contributed by atoms with Crippen molar-refractivity contribution < 1.29 is 9.53 Å². The highest BCUT2D eigenvalue weighted by molar-refractivity contribution is 6.34. The highest BCUT2D eigenvalue weighted by Gasteiger charge is 2.09. The van der Waals surface area contributed by atoms with Crippen molar-refractivity contribution in [3.05, 3.63) is 83.0 Å². The van der Waals surface area contributed by atoms with E-state index in [-0.39, 0.29) is 5.91 Å². The summed E-state index contributed by atoms with van der Waals surface area (Å²) >= 11 is 6.03. The first-order valence-electron chi connectivity index (χ1n) is 8.04. The number of carbonyl (C=O) groups excluding carboxylic acids is 1. The molecule has 2 aromatic carbocycles. The van der Waals surface area contributed by atoms with Gasteiger partial charge < -0.3 is 15.4 Å². The van der Waals surface area contributed by atoms with E-state index in [9.17, 15) is 4.79 Å². The summed E-state index contributed by atoms with van der Waals surface area (Å²) in [6, 6.07) is 18.3. The Kier molecular flexibility index (Phi) is 5.71. The minimum atomic E-state index is -0.267. The van der Waals surface area contributed by atoms with E-state index in [4.69, 9.17) is 16.3 Å². The third-order valence-electron chi connectivity index (χ3n) is 3.77. The van der Waals surface area contributed by atoms with Crippen LogP contribution in [0.4, 0.5) is 11.5 Å². The molecule has 26 heavy (non-hydrogen) atoms. The Morgan fingerprint density at radius 1 is 1.08 bits per heavy atom. The van der Waals surface area contributed by atoms with E-state index in [1.165, 1.54) is 0 Å². The van der Waals surface area contributed by atoms with Crippen LogP contribution in [0.3, 0.4) is 0 Å². The molecule has 0 radical (unpaired) electrons. The van der Waals surface area contributed by atoms with E-state index in [0.717, 1.165) is 17.1 Å². The van der Waals surface area contributed by atoms with Gasteiger partial charge in [-0.1, -0.05) is 35.9 Å². The van der Waals surface area contributed by atoms with Crippen molar-refractivity contribution >= 4 is 29.0 Å². The van der Waals surface area contributed by atoms with Gasteiger partial charge in [0, 0.05) is 6.54 Å². The zero-order valence-corrected chi connectivity index (χ0v) is 15.0. The summed E-state index contributed by atoms with van der Waals surface area (Å²) in [6.45, 7) is 0.641. The highest BCUT2D eigenvalue weighted by Crippen LogP contribution is 2.18. The Bertz CT molecular complexity index is 880. The second-order valence-electron chi connectivity index (χ2n) is 5.57. The lowest BCUT2D eigenvalue weighted by molar-refractivity contribution is 0.102. The molecule has 3 rings (SSSR count). The Hall–Kier alpha value is -3.05. The molecule has 1 heterocycles. The summed E-state index contributed by atoms with van der Waals surface area (Å²) in [7, 11) is 1.64. The summed E-state index contributed by atoms with van der Waals surface area (Å²) < 4.78 is 5.14. The number of rotatable bonds is 6. The molecule has 5 nitrogen and oxygen atoms in total. The van der Waals surface area contributed by atoms with Crippen LogP contribution in [0.1, 0.15) is 15.9 Å². The SMILES string of the molecule is COc1ccc(CNc2ccc(NC(=O)c3ccccc3Cl)cn2)cc1. The van der Waals surface area contributed by atoms with Crippen LogP contribution in [-0.2, 0) is 6.54 Å². The van der Waals surface area contributed by atoms with Gasteiger partial charge in [-0.05, 0) is 42.0 Å². The molecule has 0 saturated heterocycles. The predicted molar refractivity (Wildman–Crippen MR) is 104 cm³/mol. The molecule has 0 aliphatic heterocycles. The number of hydrogen-bond donors (Lipinski definition) is 2. The minimum absolute atomic E-state index is 0.267. The second kappa shape index (κ2) is 8.36. The summed E-state index contributed by atoms with van der Waals surface area (Å²) in [6.07, 6.45) is 1.60. The van der Waals surface area contributed by atoms with Crippen LogP contribution in [0.5, 0.6) is 5.75 Å². The molecule has 2 N–H and O–H groups in total. The molecule has 132 valence electrons. The average molecular weight is 368 g/mol. The van der Waals surface area contributed by atoms with Crippen molar-refractivity contribution in [3.8, 4) is 5.75 Å². The van der Waals surface area contributed by atoms with Crippen LogP contribution >= 0.6 is 11.6 Å². The van der Waals surface area contributed by atoms with Crippen LogP contribution in [0.25, 0.3) is 0 Å². The smallest absolute Gasteiger partial charge is 0.257 e. The van der Waals surface area contributed by atoms with E-state index < -0.39 is 0 Å². The molecule has 0 unspecified atom stereocenters.